The van der Waals surface area contributed by atoms with Crippen LogP contribution in [-0.4, -0.2) is 32.0 Å². The number of aryl methyl sites for hydroxylation is 2. The van der Waals surface area contributed by atoms with Crippen molar-refractivity contribution in [2.45, 2.75) is 38.0 Å². The van der Waals surface area contributed by atoms with E-state index in [1.165, 1.54) is 12.1 Å². The molecule has 0 bridgehead atoms. The lowest BCUT2D eigenvalue weighted by Crippen LogP contribution is -2.34. The Balaban J connectivity index is 1.42. The number of thiocarbonyl (C=S) groups is 1. The summed E-state index contributed by atoms with van der Waals surface area (Å²) in [6.45, 7) is 4.02. The lowest BCUT2D eigenvalue weighted by Gasteiger charge is -2.13. The van der Waals surface area contributed by atoms with Crippen LogP contribution in [0, 0.1) is 13.8 Å². The highest BCUT2D eigenvalue weighted by Crippen LogP contribution is 2.21. The van der Waals surface area contributed by atoms with E-state index in [0.29, 0.717) is 17.8 Å². The highest BCUT2D eigenvalue weighted by atomic mass is 32.2. The van der Waals surface area contributed by atoms with Crippen LogP contribution >= 0.6 is 12.2 Å². The second-order valence-electron chi connectivity index (χ2n) is 8.41. The molecule has 3 aromatic rings. The molecule has 0 atom stereocenters. The van der Waals surface area contributed by atoms with Crippen LogP contribution in [0.15, 0.2) is 77.7 Å². The highest BCUT2D eigenvalue weighted by molar-refractivity contribution is 7.92. The fraction of sp³-hybridized carbons (Fsp3) is 0.222. The summed E-state index contributed by atoms with van der Waals surface area (Å²) in [5.74, 6) is -0.898. The third-order valence-electron chi connectivity index (χ3n) is 5.35. The number of nitrogens with one attached hydrogen (secondary N) is 3. The maximum absolute atomic E-state index is 12.7. The van der Waals surface area contributed by atoms with Gasteiger partial charge in [0.25, 0.3) is 10.0 Å². The smallest absolute Gasteiger partial charge is 0.306 e. The van der Waals surface area contributed by atoms with Gasteiger partial charge < -0.3 is 15.4 Å². The molecule has 37 heavy (non-hydrogen) atoms. The summed E-state index contributed by atoms with van der Waals surface area (Å²) in [5.41, 5.74) is 3.93. The molecule has 3 aromatic carbocycles. The van der Waals surface area contributed by atoms with Gasteiger partial charge in [-0.15, -0.1) is 0 Å². The van der Waals surface area contributed by atoms with Gasteiger partial charge in [-0.05, 0) is 67.5 Å². The van der Waals surface area contributed by atoms with E-state index in [2.05, 4.69) is 15.4 Å². The first-order valence-electron chi connectivity index (χ1n) is 11.6. The molecule has 3 rings (SSSR count). The molecule has 0 aliphatic rings. The minimum absolute atomic E-state index is 0.0338. The fourth-order valence-corrected chi connectivity index (χ4v) is 4.78. The molecule has 0 saturated heterocycles. The molecule has 0 spiro atoms. The minimum Gasteiger partial charge on any atom is -0.465 e. The van der Waals surface area contributed by atoms with Crippen molar-refractivity contribution in [3.05, 3.63) is 89.5 Å². The summed E-state index contributed by atoms with van der Waals surface area (Å²) < 4.78 is 33.2. The number of carbonyl (C=O) groups excluding carboxylic acids is 2. The van der Waals surface area contributed by atoms with Crippen molar-refractivity contribution in [1.82, 2.24) is 5.32 Å². The molecule has 0 saturated carbocycles. The van der Waals surface area contributed by atoms with E-state index in [4.69, 9.17) is 17.0 Å². The standard InChI is InChI=1S/C27H29N3O5S2/c1-19-8-13-24(20(2)18-19)30-37(33,34)23-11-9-22(10-12-23)28-27(36)29-25(31)14-15-26(32)35-17-16-21-6-4-3-5-7-21/h3-13,18,30H,14-17H2,1-2H3,(H2,28,29,31,36). The van der Waals surface area contributed by atoms with Crippen LogP contribution < -0.4 is 15.4 Å². The van der Waals surface area contributed by atoms with Gasteiger partial charge in [-0.1, -0.05) is 48.0 Å². The van der Waals surface area contributed by atoms with Crippen LogP contribution in [0.25, 0.3) is 0 Å². The van der Waals surface area contributed by atoms with Crippen molar-refractivity contribution in [2.75, 3.05) is 16.6 Å². The molecule has 1 amide bonds. The number of sulfonamides is 1. The van der Waals surface area contributed by atoms with E-state index in [9.17, 15) is 18.0 Å². The lowest BCUT2D eigenvalue weighted by atomic mass is 10.1. The zero-order valence-electron chi connectivity index (χ0n) is 20.6. The van der Waals surface area contributed by atoms with Gasteiger partial charge in [0, 0.05) is 18.5 Å². The Kier molecular flexibility index (Phi) is 9.76. The summed E-state index contributed by atoms with van der Waals surface area (Å²) in [6.07, 6.45) is 0.463. The van der Waals surface area contributed by atoms with Gasteiger partial charge in [-0.25, -0.2) is 8.42 Å². The predicted molar refractivity (Wildman–Crippen MR) is 148 cm³/mol. The molecule has 194 valence electrons. The third kappa shape index (κ3) is 9.00. The molecule has 0 fully saturated rings. The normalized spacial score (nSPS) is 10.9. The number of anilines is 2. The Morgan fingerprint density at radius 3 is 2.30 bits per heavy atom. The fourth-order valence-electron chi connectivity index (χ4n) is 3.42. The first-order valence-corrected chi connectivity index (χ1v) is 13.5. The van der Waals surface area contributed by atoms with Gasteiger partial charge in [-0.2, -0.15) is 0 Å². The Morgan fingerprint density at radius 2 is 1.62 bits per heavy atom. The molecule has 0 radical (unpaired) electrons. The third-order valence-corrected chi connectivity index (χ3v) is 6.94. The lowest BCUT2D eigenvalue weighted by molar-refractivity contribution is -0.144. The predicted octanol–water partition coefficient (Wildman–Crippen LogP) is 4.48. The number of hydrogen-bond acceptors (Lipinski definition) is 6. The van der Waals surface area contributed by atoms with Gasteiger partial charge in [0.05, 0.1) is 23.6 Å². The first-order chi connectivity index (χ1) is 17.6. The molecular weight excluding hydrogens is 510 g/mol. The number of hydrogen-bond donors (Lipinski definition) is 3. The topological polar surface area (TPSA) is 114 Å². The van der Waals surface area contributed by atoms with E-state index in [1.807, 2.05) is 56.3 Å². The quantitative estimate of drug-likeness (QED) is 0.257. The minimum atomic E-state index is -3.78. The zero-order chi connectivity index (χ0) is 26.8. The zero-order valence-corrected chi connectivity index (χ0v) is 22.2. The number of esters is 1. The molecule has 0 aliphatic carbocycles. The molecular formula is C27H29N3O5S2. The van der Waals surface area contributed by atoms with E-state index in [0.717, 1.165) is 16.7 Å². The van der Waals surface area contributed by atoms with Crippen LogP contribution in [0.3, 0.4) is 0 Å². The number of carbonyl (C=O) groups is 2. The van der Waals surface area contributed by atoms with Gasteiger partial charge in [0.15, 0.2) is 5.11 Å². The number of amides is 1. The summed E-state index contributed by atoms with van der Waals surface area (Å²) in [6, 6.07) is 21.1. The van der Waals surface area contributed by atoms with E-state index in [-0.39, 0.29) is 29.5 Å². The van der Waals surface area contributed by atoms with Gasteiger partial charge in [0.2, 0.25) is 5.91 Å². The van der Waals surface area contributed by atoms with Crippen molar-refractivity contribution < 1.29 is 22.7 Å². The SMILES string of the molecule is Cc1ccc(NS(=O)(=O)c2ccc(NC(=S)NC(=O)CCC(=O)OCCc3ccccc3)cc2)c(C)c1. The molecule has 10 heteroatoms. The highest BCUT2D eigenvalue weighted by Gasteiger charge is 2.16. The molecule has 0 aromatic heterocycles. The average molecular weight is 540 g/mol. The number of ether oxygens (including phenoxy) is 1. The van der Waals surface area contributed by atoms with Crippen molar-refractivity contribution >= 4 is 50.6 Å². The van der Waals surface area contributed by atoms with Crippen molar-refractivity contribution in [1.29, 1.82) is 0 Å². The summed E-state index contributed by atoms with van der Waals surface area (Å²) in [5, 5.41) is 5.36. The van der Waals surface area contributed by atoms with Crippen LogP contribution in [-0.2, 0) is 30.8 Å². The van der Waals surface area contributed by atoms with E-state index in [1.54, 1.807) is 18.2 Å². The average Bonchev–Trinajstić information content (AvgIpc) is 2.85. The molecule has 0 aliphatic heterocycles. The Labute approximate surface area is 222 Å². The summed E-state index contributed by atoms with van der Waals surface area (Å²) >= 11 is 5.14. The van der Waals surface area contributed by atoms with Crippen LogP contribution in [0.1, 0.15) is 29.5 Å². The maximum atomic E-state index is 12.7. The molecule has 0 unspecified atom stereocenters. The largest absolute Gasteiger partial charge is 0.465 e. The van der Waals surface area contributed by atoms with Crippen molar-refractivity contribution in [3.63, 3.8) is 0 Å². The van der Waals surface area contributed by atoms with Gasteiger partial charge >= 0.3 is 5.97 Å². The Hall–Kier alpha value is -3.76. The summed E-state index contributed by atoms with van der Waals surface area (Å²) in [4.78, 5) is 24.1. The maximum Gasteiger partial charge on any atom is 0.306 e. The van der Waals surface area contributed by atoms with E-state index < -0.39 is 21.9 Å². The van der Waals surface area contributed by atoms with E-state index >= 15 is 0 Å². The van der Waals surface area contributed by atoms with Crippen LogP contribution in [0.2, 0.25) is 0 Å². The summed E-state index contributed by atoms with van der Waals surface area (Å²) in [7, 11) is -3.78. The molecule has 0 heterocycles. The Bertz CT molecular complexity index is 1360. The monoisotopic (exact) mass is 539 g/mol. The van der Waals surface area contributed by atoms with Crippen LogP contribution in [0.4, 0.5) is 11.4 Å². The molecule has 3 N–H and O–H groups in total. The van der Waals surface area contributed by atoms with Crippen LogP contribution in [0.5, 0.6) is 0 Å². The second kappa shape index (κ2) is 13.0. The number of rotatable bonds is 10. The number of benzene rings is 3. The Morgan fingerprint density at radius 1 is 0.919 bits per heavy atom. The van der Waals surface area contributed by atoms with Crippen molar-refractivity contribution in [3.8, 4) is 0 Å². The molecule has 8 nitrogen and oxygen atoms in total. The van der Waals surface area contributed by atoms with Crippen molar-refractivity contribution in [2.24, 2.45) is 0 Å². The second-order valence-corrected chi connectivity index (χ2v) is 10.5. The van der Waals surface area contributed by atoms with Gasteiger partial charge in [0.1, 0.15) is 0 Å². The van der Waals surface area contributed by atoms with Gasteiger partial charge in [-0.3, -0.25) is 14.3 Å². The first kappa shape index (κ1) is 27.8.